The van der Waals surface area contributed by atoms with Gasteiger partial charge in [0, 0.05) is 93.4 Å². The van der Waals surface area contributed by atoms with Crippen molar-refractivity contribution in [1.29, 1.82) is 0 Å². The third-order valence-corrected chi connectivity index (χ3v) is 24.3. The maximum atomic E-state index is 14.0. The molecule has 7 saturated heterocycles. The second-order valence-electron chi connectivity index (χ2n) is 34.7. The highest BCUT2D eigenvalue weighted by molar-refractivity contribution is 5.81. The largest absolute Gasteiger partial charge is 0.477 e. The summed E-state index contributed by atoms with van der Waals surface area (Å²) in [5.41, 5.74) is 0. The molecular formula is C77H121N7O57. The number of rotatable bonds is 47. The van der Waals surface area contributed by atoms with Crippen LogP contribution < -0.4 is 37.2 Å². The van der Waals surface area contributed by atoms with E-state index in [0.29, 0.717) is 0 Å². The van der Waals surface area contributed by atoms with E-state index in [0.717, 1.165) is 48.5 Å². The summed E-state index contributed by atoms with van der Waals surface area (Å²) < 4.78 is 73.8. The normalized spacial score (nSPS) is 37.6. The Balaban J connectivity index is 1.23. The van der Waals surface area contributed by atoms with Gasteiger partial charge in [0.1, 0.15) is 128 Å². The third-order valence-electron chi connectivity index (χ3n) is 24.3. The molecule has 7 heterocycles. The Morgan fingerprint density at radius 2 is 0.383 bits per heavy atom. The van der Waals surface area contributed by atoms with Crippen molar-refractivity contribution in [1.82, 2.24) is 37.2 Å². The van der Waals surface area contributed by atoms with Gasteiger partial charge in [-0.2, -0.15) is 0 Å². The highest BCUT2D eigenvalue weighted by Gasteiger charge is 2.68. The van der Waals surface area contributed by atoms with Gasteiger partial charge in [-0.3, -0.25) is 33.6 Å². The average molecular weight is 2060 g/mol. The third kappa shape index (κ3) is 26.5. The molecule has 141 heavy (non-hydrogen) atoms. The van der Waals surface area contributed by atoms with E-state index in [1.807, 2.05) is 0 Å². The highest BCUT2D eigenvalue weighted by Crippen LogP contribution is 2.46. The quantitative estimate of drug-likeness (QED) is 0.0269. The lowest BCUT2D eigenvalue weighted by atomic mass is 9.86. The first-order chi connectivity index (χ1) is 65.4. The molecule has 0 spiro atoms. The summed E-state index contributed by atoms with van der Waals surface area (Å²) >= 11 is 0. The number of carbonyl (C=O) groups excluding carboxylic acids is 7. The van der Waals surface area contributed by atoms with Gasteiger partial charge in [0.25, 0.3) is 40.5 Å². The molecule has 0 aliphatic carbocycles. The van der Waals surface area contributed by atoms with Crippen molar-refractivity contribution < 1.29 is 282 Å². The lowest BCUT2D eigenvalue weighted by Gasteiger charge is -2.51. The van der Waals surface area contributed by atoms with Crippen LogP contribution in [0.15, 0.2) is 0 Å². The fourth-order valence-electron chi connectivity index (χ4n) is 17.7. The van der Waals surface area contributed by atoms with E-state index in [9.17, 15) is 220 Å². The van der Waals surface area contributed by atoms with Crippen LogP contribution >= 0.6 is 0 Å². The van der Waals surface area contributed by atoms with Crippen LogP contribution in [0.25, 0.3) is 0 Å². The van der Waals surface area contributed by atoms with Gasteiger partial charge in [-0.05, 0) is 0 Å². The van der Waals surface area contributed by atoms with Crippen LogP contribution in [0.2, 0.25) is 0 Å². The Labute approximate surface area is 793 Å². The number of hydrogen-bond acceptors (Lipinski definition) is 50. The smallest absolute Gasteiger partial charge is 0.364 e. The minimum atomic E-state index is -3.85. The molecule has 7 amide bonds. The summed E-state index contributed by atoms with van der Waals surface area (Å²) in [6.45, 7) is -6.32. The molecular weight excluding hydrogens is 1930 g/mol. The number of carboxylic acids is 7. The zero-order valence-corrected chi connectivity index (χ0v) is 75.5. The van der Waals surface area contributed by atoms with E-state index in [4.69, 9.17) is 61.6 Å². The van der Waals surface area contributed by atoms with E-state index in [1.54, 1.807) is 0 Å². The number of amides is 7. The van der Waals surface area contributed by atoms with Gasteiger partial charge in [0.05, 0.1) is 131 Å². The van der Waals surface area contributed by atoms with Crippen molar-refractivity contribution in [3.63, 3.8) is 0 Å². The maximum Gasteiger partial charge on any atom is 0.364 e. The molecule has 64 nitrogen and oxygen atoms in total. The van der Waals surface area contributed by atoms with Crippen LogP contribution in [-0.2, 0) is 129 Å². The van der Waals surface area contributed by atoms with Crippen LogP contribution in [0.3, 0.4) is 0 Å². The molecule has 0 bridgehead atoms. The molecule has 7 rings (SSSR count). The zero-order valence-electron chi connectivity index (χ0n) is 75.5. The van der Waals surface area contributed by atoms with Crippen molar-refractivity contribution >= 4 is 83.1 Å². The summed E-state index contributed by atoms with van der Waals surface area (Å²) in [5, 5.41) is 354. The Morgan fingerprint density at radius 3 is 0.511 bits per heavy atom. The molecule has 806 valence electrons. The van der Waals surface area contributed by atoms with Gasteiger partial charge in [-0.1, -0.05) is 0 Å². The van der Waals surface area contributed by atoms with Crippen LogP contribution in [0, 0.1) is 0 Å². The van der Waals surface area contributed by atoms with Crippen LogP contribution in [0.1, 0.15) is 93.4 Å². The minimum Gasteiger partial charge on any atom is -0.477 e. The lowest BCUT2D eigenvalue weighted by Crippen LogP contribution is -2.72. The SMILES string of the molecule is CC(=O)N[C@H]1[C@H]([C@H](O)[C@H](O)CO)O[C@@](O[C@H](CO)[C@@H](O)[C@@H]2O[C@@](O[C@H](CO)[C@@H](O)[C@@H]3O[C@@](O[C@H](CO)[C@@H](O)[C@@H]4O[C@@](O[C@H](CO)[C@@H](O)[C@@H]5O[C@@](O[C@H](CO)[C@@H](O)[C@@H]6O[C@@](O[C@H](CO)[C@@H](O)[C@@H]7OC(O)(C(=O)O)C[C@H](O)[C@H]7NC(C)=O)(C(=O)O)C[C@H](O)[C@H]6NC(C)=O)(C(=O)O)C[C@H](O)[C@H]5NC(C)=O)(C(=O)O)C[C@H](O)[C@H]4NC(C)=O)(C(=O)O)C[C@H](O)[C@H]3NC(C)=O)(C(=O)O)C[C@H](O)[C@H]2NC(C)=O)(C(=O)O)C[C@@H]1O. The number of nitrogens with one attached hydrogen (secondary N) is 7. The molecule has 42 atom stereocenters. The van der Waals surface area contributed by atoms with Gasteiger partial charge in [0.15, 0.2) is 0 Å². The summed E-state index contributed by atoms with van der Waals surface area (Å²) in [5.74, 6) is -50.4. The van der Waals surface area contributed by atoms with E-state index < -0.39 is 428 Å². The number of aliphatic hydroxyl groups is 23. The number of ether oxygens (including phenoxy) is 13. The Hall–Kier alpha value is -8.86. The Kier molecular flexibility index (Phi) is 40.9. The molecule has 0 radical (unpaired) electrons. The molecule has 1 unspecified atom stereocenters. The first-order valence-corrected chi connectivity index (χ1v) is 43.0. The summed E-state index contributed by atoms with van der Waals surface area (Å²) in [7, 11) is 0. The predicted molar refractivity (Wildman–Crippen MR) is 433 cm³/mol. The number of carboxylic acid groups (broad SMARTS) is 7. The Bertz CT molecular complexity index is 4290. The zero-order chi connectivity index (χ0) is 107. The van der Waals surface area contributed by atoms with Gasteiger partial charge in [-0.25, -0.2) is 33.6 Å². The van der Waals surface area contributed by atoms with Crippen LogP contribution in [0.4, 0.5) is 0 Å². The average Bonchev–Trinajstić information content (AvgIpc) is 0.757. The van der Waals surface area contributed by atoms with Crippen molar-refractivity contribution in [2.45, 2.75) is 347 Å². The van der Waals surface area contributed by atoms with E-state index >= 15 is 0 Å². The molecule has 0 aromatic heterocycles. The standard InChI is InChI=1S/C77H121N7O57/c1-22(92)78-43-29(99)8-71(128,64(114)115)135-58(43)51(108)37(16-86)129-73(66(118)119)10-31(101)45(80-24(3)94)60(137-73)53(110)39(18-88)131-75(68(122)123)12-33(103)47(82-26(5)96)62(139-75)55(112)41(20-90)133-77(70(126)127)14-35(105)49(84-28(7)98)63(141-77)56(113)42(21-91)134-76(69(124)125)13-34(104)48(83-27(6)97)61(140-76)54(111)40(19-89)132-74(67(120)121)11-32(102)46(81-25(4)95)59(138-74)52(109)38(17-87)130-72(65(116)117)9-30(100)44(79-23(2)93)57(136-72)50(107)36(106)15-85/h29-63,85-91,99-113,128H,8-21H2,1-7H3,(H,78,92)(H,79,93)(H,80,94)(H,81,95)(H,82,96)(H,83,97)(H,84,98)(H,114,115)(H,116,117)(H,118,119)(H,120,121)(H,122,123)(H,124,125)(H,126,127)/t29-,30-,31-,32-,33-,34-,35-,36+,37+,38+,39+,40+,41+,42+,43+,44+,45+,46+,47+,48+,49+,50+,51+,52+,53+,54+,55+,56+,57+,58+,59+,60+,61+,62+,63+,71?,72+,73+,74+,75+,76+,77+/m0/s1. The molecule has 0 saturated carbocycles. The first-order valence-electron chi connectivity index (χ1n) is 43.0. The van der Waals surface area contributed by atoms with Crippen molar-refractivity contribution in [3.8, 4) is 0 Å². The van der Waals surface area contributed by atoms with Crippen molar-refractivity contribution in [3.05, 3.63) is 0 Å². The second-order valence-corrected chi connectivity index (χ2v) is 34.7. The highest BCUT2D eigenvalue weighted by atomic mass is 16.8. The number of aliphatic hydroxyl groups excluding tert-OH is 22. The number of carbonyl (C=O) groups is 14. The number of hydrogen-bond donors (Lipinski definition) is 37. The van der Waals surface area contributed by atoms with Crippen LogP contribution in [0.5, 0.6) is 0 Å². The fourth-order valence-corrected chi connectivity index (χ4v) is 17.7. The molecule has 7 fully saturated rings. The fraction of sp³-hybridized carbons (Fsp3) is 0.818. The molecule has 0 aromatic rings. The second kappa shape index (κ2) is 48.4. The van der Waals surface area contributed by atoms with E-state index in [-0.39, 0.29) is 0 Å². The lowest BCUT2D eigenvalue weighted by molar-refractivity contribution is -0.367. The summed E-state index contributed by atoms with van der Waals surface area (Å²) in [4.78, 5) is 184. The van der Waals surface area contributed by atoms with E-state index in [2.05, 4.69) is 37.2 Å². The Morgan fingerprint density at radius 1 is 0.241 bits per heavy atom. The summed E-state index contributed by atoms with van der Waals surface area (Å²) in [6, 6.07) is -15.1. The molecule has 0 aromatic carbocycles. The first kappa shape index (κ1) is 119. The molecule has 37 N–H and O–H groups in total. The van der Waals surface area contributed by atoms with Gasteiger partial charge in [0.2, 0.25) is 41.4 Å². The van der Waals surface area contributed by atoms with Gasteiger partial charge < -0.3 is 252 Å². The maximum absolute atomic E-state index is 14.0. The van der Waals surface area contributed by atoms with Crippen molar-refractivity contribution in [2.24, 2.45) is 0 Å². The van der Waals surface area contributed by atoms with E-state index in [1.165, 1.54) is 0 Å². The molecule has 7 aliphatic heterocycles. The van der Waals surface area contributed by atoms with Crippen molar-refractivity contribution in [2.75, 3.05) is 46.2 Å². The topological polar surface area (TPSA) is 1050 Å². The molecule has 64 heteroatoms. The monoisotopic (exact) mass is 2060 g/mol. The van der Waals surface area contributed by atoms with Gasteiger partial charge >= 0.3 is 41.8 Å². The van der Waals surface area contributed by atoms with Crippen LogP contribution in [-0.4, -0.2) is 536 Å². The summed E-state index contributed by atoms with van der Waals surface area (Å²) in [6.07, 6.45) is -84.7. The van der Waals surface area contributed by atoms with Gasteiger partial charge in [-0.15, -0.1) is 0 Å². The number of aliphatic carboxylic acids is 7. The minimum absolute atomic E-state index is 0.721. The predicted octanol–water partition coefficient (Wildman–Crippen LogP) is -20.8. The molecule has 7 aliphatic rings.